The molecule has 0 amide bonds. The van der Waals surface area contributed by atoms with E-state index in [1.54, 1.807) is 6.33 Å². The molecule has 0 radical (unpaired) electrons. The van der Waals surface area contributed by atoms with Gasteiger partial charge < -0.3 is 5.73 Å². The van der Waals surface area contributed by atoms with Crippen LogP contribution in [0.2, 0.25) is 0 Å². The molecule has 1 heterocycles. The van der Waals surface area contributed by atoms with Gasteiger partial charge in [0.25, 0.3) is 0 Å². The molecule has 0 spiro atoms. The highest BCUT2D eigenvalue weighted by Gasteiger charge is 2.03. The van der Waals surface area contributed by atoms with Gasteiger partial charge in [-0.2, -0.15) is 5.10 Å². The Morgan fingerprint density at radius 2 is 2.42 bits per heavy atom. The maximum atomic E-state index is 5.64. The Bertz CT molecular complexity index is 229. The van der Waals surface area contributed by atoms with E-state index in [1.165, 1.54) is 0 Å². The highest BCUT2D eigenvalue weighted by atomic mass is 15.3. The number of aromatic nitrogens is 3. The van der Waals surface area contributed by atoms with Crippen molar-refractivity contribution in [3.63, 3.8) is 0 Å². The van der Waals surface area contributed by atoms with Gasteiger partial charge in [-0.1, -0.05) is 0 Å². The zero-order valence-corrected chi connectivity index (χ0v) is 7.70. The Kier molecular flexibility index (Phi) is 3.22. The molecule has 4 nitrogen and oxygen atoms in total. The zero-order valence-electron chi connectivity index (χ0n) is 7.70. The van der Waals surface area contributed by atoms with E-state index in [0.29, 0.717) is 0 Å². The molecular formula is C8H16N4. The number of hydrogen-bond donors (Lipinski definition) is 1. The van der Waals surface area contributed by atoms with Crippen LogP contribution in [0.15, 0.2) is 6.33 Å². The van der Waals surface area contributed by atoms with Crippen LogP contribution < -0.4 is 5.73 Å². The average Bonchev–Trinajstić information content (AvgIpc) is 2.47. The summed E-state index contributed by atoms with van der Waals surface area (Å²) in [4.78, 5) is 4.16. The predicted molar refractivity (Wildman–Crippen MR) is 47.7 cm³/mol. The number of aryl methyl sites for hydroxylation is 2. The van der Waals surface area contributed by atoms with Gasteiger partial charge in [0.05, 0.1) is 0 Å². The summed E-state index contributed by atoms with van der Waals surface area (Å²) in [6, 6.07) is 0.243. The normalized spacial score (nSPS) is 13.2. The first-order valence-corrected chi connectivity index (χ1v) is 4.36. The van der Waals surface area contributed by atoms with E-state index in [1.807, 2.05) is 11.6 Å². The Morgan fingerprint density at radius 1 is 1.67 bits per heavy atom. The summed E-state index contributed by atoms with van der Waals surface area (Å²) in [6.45, 7) is 4.95. The van der Waals surface area contributed by atoms with E-state index in [9.17, 15) is 0 Å². The molecule has 0 saturated heterocycles. The fraction of sp³-hybridized carbons (Fsp3) is 0.750. The van der Waals surface area contributed by atoms with Crippen LogP contribution in [0.25, 0.3) is 0 Å². The largest absolute Gasteiger partial charge is 0.328 e. The van der Waals surface area contributed by atoms with Gasteiger partial charge in [-0.3, -0.25) is 4.68 Å². The molecule has 0 aliphatic carbocycles. The second kappa shape index (κ2) is 4.21. The summed E-state index contributed by atoms with van der Waals surface area (Å²) in [7, 11) is 0. The lowest BCUT2D eigenvalue weighted by Crippen LogP contribution is -2.17. The molecule has 0 saturated carbocycles. The molecule has 4 heteroatoms. The van der Waals surface area contributed by atoms with Gasteiger partial charge >= 0.3 is 0 Å². The second-order valence-electron chi connectivity index (χ2n) is 3.01. The van der Waals surface area contributed by atoms with Crippen LogP contribution in [0.3, 0.4) is 0 Å². The molecule has 12 heavy (non-hydrogen) atoms. The first-order valence-electron chi connectivity index (χ1n) is 4.36. The average molecular weight is 168 g/mol. The number of rotatable bonds is 4. The quantitative estimate of drug-likeness (QED) is 0.715. The van der Waals surface area contributed by atoms with Gasteiger partial charge in [0.1, 0.15) is 12.2 Å². The van der Waals surface area contributed by atoms with E-state index in [-0.39, 0.29) is 6.04 Å². The molecule has 0 aliphatic heterocycles. The molecule has 0 bridgehead atoms. The van der Waals surface area contributed by atoms with Crippen molar-refractivity contribution in [2.24, 2.45) is 5.73 Å². The standard InChI is InChI=1S/C8H16N4/c1-3-12-8(10-6-11-12)5-4-7(2)9/h6-7H,3-5,9H2,1-2H3. The number of nitrogens with zero attached hydrogens (tertiary/aromatic N) is 3. The minimum absolute atomic E-state index is 0.243. The van der Waals surface area contributed by atoms with Crippen LogP contribution in [-0.2, 0) is 13.0 Å². The van der Waals surface area contributed by atoms with Crippen molar-refractivity contribution in [2.45, 2.75) is 39.3 Å². The van der Waals surface area contributed by atoms with Crippen LogP contribution >= 0.6 is 0 Å². The molecule has 2 N–H and O–H groups in total. The van der Waals surface area contributed by atoms with Crippen molar-refractivity contribution >= 4 is 0 Å². The topological polar surface area (TPSA) is 56.7 Å². The third-order valence-electron chi connectivity index (χ3n) is 1.82. The molecule has 1 aromatic heterocycles. The molecule has 68 valence electrons. The second-order valence-corrected chi connectivity index (χ2v) is 3.01. The van der Waals surface area contributed by atoms with Crippen molar-refractivity contribution in [3.05, 3.63) is 12.2 Å². The molecular weight excluding hydrogens is 152 g/mol. The summed E-state index contributed by atoms with van der Waals surface area (Å²) >= 11 is 0. The first-order chi connectivity index (χ1) is 5.74. The lowest BCUT2D eigenvalue weighted by Gasteiger charge is -2.04. The molecule has 1 unspecified atom stereocenters. The van der Waals surface area contributed by atoms with Gasteiger partial charge in [0.15, 0.2) is 0 Å². The van der Waals surface area contributed by atoms with E-state index in [4.69, 9.17) is 5.73 Å². The molecule has 1 atom stereocenters. The van der Waals surface area contributed by atoms with Gasteiger partial charge in [0.2, 0.25) is 0 Å². The lowest BCUT2D eigenvalue weighted by molar-refractivity contribution is 0.577. The van der Waals surface area contributed by atoms with E-state index in [2.05, 4.69) is 17.0 Å². The van der Waals surface area contributed by atoms with Crippen LogP contribution in [0, 0.1) is 0 Å². The SMILES string of the molecule is CCn1ncnc1CCC(C)N. The highest BCUT2D eigenvalue weighted by Crippen LogP contribution is 2.00. The maximum absolute atomic E-state index is 5.64. The third kappa shape index (κ3) is 2.30. The third-order valence-corrected chi connectivity index (χ3v) is 1.82. The van der Waals surface area contributed by atoms with Gasteiger partial charge in [0, 0.05) is 19.0 Å². The smallest absolute Gasteiger partial charge is 0.138 e. The molecule has 0 aliphatic rings. The zero-order chi connectivity index (χ0) is 8.97. The number of nitrogens with two attached hydrogens (primary N) is 1. The van der Waals surface area contributed by atoms with Crippen molar-refractivity contribution in [1.82, 2.24) is 14.8 Å². The molecule has 1 rings (SSSR count). The Labute approximate surface area is 72.8 Å². The van der Waals surface area contributed by atoms with E-state index < -0.39 is 0 Å². The summed E-state index contributed by atoms with van der Waals surface area (Å²) in [5, 5.41) is 4.08. The van der Waals surface area contributed by atoms with Crippen LogP contribution in [0.5, 0.6) is 0 Å². The monoisotopic (exact) mass is 168 g/mol. The van der Waals surface area contributed by atoms with Gasteiger partial charge in [-0.25, -0.2) is 4.98 Å². The Morgan fingerprint density at radius 3 is 3.00 bits per heavy atom. The first kappa shape index (κ1) is 9.19. The maximum Gasteiger partial charge on any atom is 0.138 e. The molecule has 0 fully saturated rings. The summed E-state index contributed by atoms with van der Waals surface area (Å²) in [6.07, 6.45) is 3.49. The minimum Gasteiger partial charge on any atom is -0.328 e. The van der Waals surface area contributed by atoms with Gasteiger partial charge in [-0.05, 0) is 20.3 Å². The summed E-state index contributed by atoms with van der Waals surface area (Å²) < 4.78 is 1.91. The molecule has 1 aromatic rings. The molecule has 0 aromatic carbocycles. The van der Waals surface area contributed by atoms with Crippen LogP contribution in [-0.4, -0.2) is 20.8 Å². The van der Waals surface area contributed by atoms with Crippen molar-refractivity contribution in [3.8, 4) is 0 Å². The Hall–Kier alpha value is -0.900. The van der Waals surface area contributed by atoms with Crippen LogP contribution in [0.4, 0.5) is 0 Å². The van der Waals surface area contributed by atoms with E-state index in [0.717, 1.165) is 25.2 Å². The van der Waals surface area contributed by atoms with E-state index >= 15 is 0 Å². The highest BCUT2D eigenvalue weighted by molar-refractivity contribution is 4.85. The van der Waals surface area contributed by atoms with Crippen molar-refractivity contribution in [2.75, 3.05) is 0 Å². The van der Waals surface area contributed by atoms with Crippen molar-refractivity contribution < 1.29 is 0 Å². The number of hydrogen-bond acceptors (Lipinski definition) is 3. The predicted octanol–water partition coefficient (Wildman–Crippen LogP) is 0.578. The van der Waals surface area contributed by atoms with Crippen molar-refractivity contribution in [1.29, 1.82) is 0 Å². The minimum atomic E-state index is 0.243. The van der Waals surface area contributed by atoms with Gasteiger partial charge in [-0.15, -0.1) is 0 Å². The summed E-state index contributed by atoms with van der Waals surface area (Å²) in [5.74, 6) is 1.04. The fourth-order valence-corrected chi connectivity index (χ4v) is 1.10. The fourth-order valence-electron chi connectivity index (χ4n) is 1.10. The Balaban J connectivity index is 2.50. The lowest BCUT2D eigenvalue weighted by atomic mass is 10.2. The van der Waals surface area contributed by atoms with Crippen LogP contribution in [0.1, 0.15) is 26.1 Å². The summed E-state index contributed by atoms with van der Waals surface area (Å²) in [5.41, 5.74) is 5.64.